The summed E-state index contributed by atoms with van der Waals surface area (Å²) in [7, 11) is 7.06. The molecule has 0 aliphatic rings. The molecule has 0 saturated heterocycles. The van der Waals surface area contributed by atoms with Crippen LogP contribution in [0.5, 0.6) is 11.5 Å². The Morgan fingerprint density at radius 2 is 1.97 bits per heavy atom. The molecule has 3 aromatic rings. The van der Waals surface area contributed by atoms with Gasteiger partial charge in [-0.15, -0.1) is 11.3 Å². The number of rotatable bonds is 8. The van der Waals surface area contributed by atoms with Crippen LogP contribution < -0.4 is 19.7 Å². The van der Waals surface area contributed by atoms with Gasteiger partial charge in [0.05, 0.1) is 26.3 Å². The number of pyridine rings is 1. The largest absolute Gasteiger partial charge is 0.493 e. The Morgan fingerprint density at radius 3 is 2.69 bits per heavy atom. The number of aromatic nitrogens is 2. The van der Waals surface area contributed by atoms with Crippen LogP contribution in [-0.4, -0.2) is 44.2 Å². The molecule has 0 aliphatic carbocycles. The number of nitrogens with one attached hydrogen (secondary N) is 1. The van der Waals surface area contributed by atoms with Gasteiger partial charge in [-0.3, -0.25) is 4.79 Å². The first-order valence-corrected chi connectivity index (χ1v) is 9.94. The Labute approximate surface area is 174 Å². The molecule has 3 rings (SSSR count). The summed E-state index contributed by atoms with van der Waals surface area (Å²) >= 11 is 1.49. The third-order valence-corrected chi connectivity index (χ3v) is 5.23. The second kappa shape index (κ2) is 9.38. The molecule has 0 aliphatic heterocycles. The number of thiazole rings is 1. The summed E-state index contributed by atoms with van der Waals surface area (Å²) in [6, 6.07) is 9.48. The molecule has 8 heteroatoms. The predicted molar refractivity (Wildman–Crippen MR) is 115 cm³/mol. The molecule has 1 N–H and O–H groups in total. The van der Waals surface area contributed by atoms with E-state index in [1.807, 2.05) is 54.7 Å². The van der Waals surface area contributed by atoms with Crippen LogP contribution in [0.1, 0.15) is 11.3 Å². The minimum atomic E-state index is -0.0808. The lowest BCUT2D eigenvalue weighted by Gasteiger charge is -2.16. The van der Waals surface area contributed by atoms with Crippen LogP contribution in [0, 0.1) is 0 Å². The highest BCUT2D eigenvalue weighted by molar-refractivity contribution is 7.13. The van der Waals surface area contributed by atoms with Crippen molar-refractivity contribution in [3.05, 3.63) is 53.2 Å². The van der Waals surface area contributed by atoms with Crippen LogP contribution >= 0.6 is 11.3 Å². The third kappa shape index (κ3) is 5.03. The van der Waals surface area contributed by atoms with Gasteiger partial charge in [0, 0.05) is 43.3 Å². The summed E-state index contributed by atoms with van der Waals surface area (Å²) in [5.41, 5.74) is 2.62. The van der Waals surface area contributed by atoms with Crippen molar-refractivity contribution >= 4 is 23.1 Å². The normalized spacial score (nSPS) is 10.5. The number of nitrogens with zero attached hydrogens (tertiary/aromatic N) is 3. The van der Waals surface area contributed by atoms with Crippen molar-refractivity contribution in [2.24, 2.45) is 0 Å². The average molecular weight is 413 g/mol. The summed E-state index contributed by atoms with van der Waals surface area (Å²) < 4.78 is 10.6. The molecule has 0 unspecified atom stereocenters. The molecule has 152 valence electrons. The number of methoxy groups -OCH3 is 2. The smallest absolute Gasteiger partial charge is 0.226 e. The molecule has 0 spiro atoms. The van der Waals surface area contributed by atoms with E-state index in [2.05, 4.69) is 15.3 Å². The van der Waals surface area contributed by atoms with Gasteiger partial charge in [-0.25, -0.2) is 9.97 Å². The molecular weight excluding hydrogens is 388 g/mol. The number of carbonyl (C=O) groups excluding carboxylic acids is 1. The SMILES string of the molecule is COc1ccc(-c2nc(CC(=O)NCc3cccnc3N(C)C)cs2)cc1OC. The molecule has 0 atom stereocenters. The zero-order chi connectivity index (χ0) is 20.8. The zero-order valence-electron chi connectivity index (χ0n) is 16.9. The van der Waals surface area contributed by atoms with Crippen LogP contribution in [0.4, 0.5) is 5.82 Å². The standard InChI is InChI=1S/C21H24N4O3S/c1-25(2)20-15(6-5-9-22-20)12-23-19(26)11-16-13-29-21(24-16)14-7-8-17(27-3)18(10-14)28-4/h5-10,13H,11-12H2,1-4H3,(H,23,26). The predicted octanol–water partition coefficient (Wildman–Crippen LogP) is 3.15. The van der Waals surface area contributed by atoms with Gasteiger partial charge in [-0.05, 0) is 24.3 Å². The van der Waals surface area contributed by atoms with Gasteiger partial charge in [0.2, 0.25) is 5.91 Å². The monoisotopic (exact) mass is 412 g/mol. The van der Waals surface area contributed by atoms with Gasteiger partial charge in [0.25, 0.3) is 0 Å². The number of carbonyl (C=O) groups is 1. The Kier molecular flexibility index (Phi) is 6.66. The molecule has 0 bridgehead atoms. The van der Waals surface area contributed by atoms with E-state index in [0.29, 0.717) is 18.0 Å². The number of benzene rings is 1. The summed E-state index contributed by atoms with van der Waals surface area (Å²) in [5, 5.41) is 5.68. The van der Waals surface area contributed by atoms with Crippen molar-refractivity contribution in [2.45, 2.75) is 13.0 Å². The lowest BCUT2D eigenvalue weighted by molar-refractivity contribution is -0.120. The van der Waals surface area contributed by atoms with E-state index < -0.39 is 0 Å². The van der Waals surface area contributed by atoms with Crippen LogP contribution in [0.3, 0.4) is 0 Å². The topological polar surface area (TPSA) is 76.6 Å². The van der Waals surface area contributed by atoms with Crippen LogP contribution in [0.2, 0.25) is 0 Å². The van der Waals surface area contributed by atoms with E-state index >= 15 is 0 Å². The Balaban J connectivity index is 1.64. The maximum Gasteiger partial charge on any atom is 0.226 e. The minimum Gasteiger partial charge on any atom is -0.493 e. The molecule has 1 aromatic carbocycles. The van der Waals surface area contributed by atoms with E-state index in [1.165, 1.54) is 11.3 Å². The maximum atomic E-state index is 12.4. The van der Waals surface area contributed by atoms with Crippen molar-refractivity contribution < 1.29 is 14.3 Å². The number of hydrogen-bond donors (Lipinski definition) is 1. The highest BCUT2D eigenvalue weighted by atomic mass is 32.1. The number of amides is 1. The van der Waals surface area contributed by atoms with Crippen molar-refractivity contribution in [1.29, 1.82) is 0 Å². The molecule has 2 aromatic heterocycles. The molecule has 0 fully saturated rings. The molecule has 1 amide bonds. The lowest BCUT2D eigenvalue weighted by atomic mass is 10.2. The fourth-order valence-corrected chi connectivity index (χ4v) is 3.70. The van der Waals surface area contributed by atoms with Crippen molar-refractivity contribution in [3.63, 3.8) is 0 Å². The first-order valence-electron chi connectivity index (χ1n) is 9.06. The van der Waals surface area contributed by atoms with Gasteiger partial charge in [0.1, 0.15) is 10.8 Å². The van der Waals surface area contributed by atoms with Gasteiger partial charge in [-0.1, -0.05) is 6.07 Å². The first kappa shape index (κ1) is 20.6. The molecule has 0 saturated carbocycles. The zero-order valence-corrected chi connectivity index (χ0v) is 17.7. The van der Waals surface area contributed by atoms with Gasteiger partial charge in [-0.2, -0.15) is 0 Å². The Bertz CT molecular complexity index is 988. The Hall–Kier alpha value is -3.13. The van der Waals surface area contributed by atoms with E-state index in [-0.39, 0.29) is 12.3 Å². The van der Waals surface area contributed by atoms with E-state index in [4.69, 9.17) is 9.47 Å². The first-order chi connectivity index (χ1) is 14.0. The summed E-state index contributed by atoms with van der Waals surface area (Å²) in [6.45, 7) is 0.423. The number of ether oxygens (including phenoxy) is 2. The summed E-state index contributed by atoms with van der Waals surface area (Å²) in [6.07, 6.45) is 1.97. The molecule has 0 radical (unpaired) electrons. The average Bonchev–Trinajstić information content (AvgIpc) is 3.20. The summed E-state index contributed by atoms with van der Waals surface area (Å²) in [4.78, 5) is 23.2. The second-order valence-corrected chi connectivity index (χ2v) is 7.41. The van der Waals surface area contributed by atoms with Gasteiger partial charge < -0.3 is 19.7 Å². The van der Waals surface area contributed by atoms with E-state index in [1.54, 1.807) is 20.4 Å². The number of anilines is 1. The van der Waals surface area contributed by atoms with Gasteiger partial charge in [0.15, 0.2) is 11.5 Å². The van der Waals surface area contributed by atoms with E-state index in [0.717, 1.165) is 27.6 Å². The highest BCUT2D eigenvalue weighted by Crippen LogP contribution is 2.33. The van der Waals surface area contributed by atoms with Crippen molar-refractivity contribution in [3.8, 4) is 22.1 Å². The van der Waals surface area contributed by atoms with E-state index in [9.17, 15) is 4.79 Å². The van der Waals surface area contributed by atoms with Crippen molar-refractivity contribution in [2.75, 3.05) is 33.2 Å². The van der Waals surface area contributed by atoms with Crippen LogP contribution in [0.25, 0.3) is 10.6 Å². The molecule has 2 heterocycles. The third-order valence-electron chi connectivity index (χ3n) is 4.29. The summed E-state index contributed by atoms with van der Waals surface area (Å²) in [5.74, 6) is 2.08. The second-order valence-electron chi connectivity index (χ2n) is 6.55. The van der Waals surface area contributed by atoms with Gasteiger partial charge >= 0.3 is 0 Å². The molecule has 29 heavy (non-hydrogen) atoms. The Morgan fingerprint density at radius 1 is 1.17 bits per heavy atom. The fourth-order valence-electron chi connectivity index (χ4n) is 2.88. The maximum absolute atomic E-state index is 12.4. The highest BCUT2D eigenvalue weighted by Gasteiger charge is 2.12. The quantitative estimate of drug-likeness (QED) is 0.613. The van der Waals surface area contributed by atoms with Crippen molar-refractivity contribution in [1.82, 2.24) is 15.3 Å². The fraction of sp³-hybridized carbons (Fsp3) is 0.286. The van der Waals surface area contributed by atoms with Crippen LogP contribution in [-0.2, 0) is 17.8 Å². The minimum absolute atomic E-state index is 0.0808. The van der Waals surface area contributed by atoms with Crippen LogP contribution in [0.15, 0.2) is 41.9 Å². The lowest BCUT2D eigenvalue weighted by Crippen LogP contribution is -2.26. The molecular formula is C21H24N4O3S. The molecule has 7 nitrogen and oxygen atoms in total. The number of hydrogen-bond acceptors (Lipinski definition) is 7.